The number of amides is 1. The molecule has 1 N–H and O–H groups in total. The monoisotopic (exact) mass is 476 g/mol. The molecule has 7 nitrogen and oxygen atoms in total. The lowest BCUT2D eigenvalue weighted by Crippen LogP contribution is -2.40. The summed E-state index contributed by atoms with van der Waals surface area (Å²) in [6.45, 7) is 3.98. The third-order valence-electron chi connectivity index (χ3n) is 5.61. The number of nitrogens with one attached hydrogen (secondary N) is 1. The summed E-state index contributed by atoms with van der Waals surface area (Å²) in [5, 5.41) is 2.88. The van der Waals surface area contributed by atoms with Crippen LogP contribution in [0.3, 0.4) is 0 Å². The van der Waals surface area contributed by atoms with Crippen molar-refractivity contribution in [3.05, 3.63) is 53.6 Å². The van der Waals surface area contributed by atoms with E-state index in [0.29, 0.717) is 43.1 Å². The van der Waals surface area contributed by atoms with Gasteiger partial charge < -0.3 is 14.8 Å². The van der Waals surface area contributed by atoms with E-state index >= 15 is 0 Å². The van der Waals surface area contributed by atoms with E-state index < -0.39 is 10.0 Å². The summed E-state index contributed by atoms with van der Waals surface area (Å²) in [5.74, 6) is 0.538. The van der Waals surface area contributed by atoms with Gasteiger partial charge in [-0.1, -0.05) is 18.2 Å². The number of nitrogens with zero attached hydrogens (tertiary/aromatic N) is 1. The van der Waals surface area contributed by atoms with E-state index in [0.717, 1.165) is 30.1 Å². The summed E-state index contributed by atoms with van der Waals surface area (Å²) in [6.07, 6.45) is 2.35. The quantitative estimate of drug-likeness (QED) is 0.616. The summed E-state index contributed by atoms with van der Waals surface area (Å²) in [6, 6.07) is 12.4. The van der Waals surface area contributed by atoms with E-state index in [9.17, 15) is 13.2 Å². The number of carbonyl (C=O) groups excluding carboxylic acids is 1. The van der Waals surface area contributed by atoms with Gasteiger partial charge in [0.15, 0.2) is 0 Å². The molecule has 2 aliphatic heterocycles. The molecule has 172 valence electrons. The highest BCUT2D eigenvalue weighted by Crippen LogP contribution is 2.28. The highest BCUT2D eigenvalue weighted by Gasteiger charge is 2.28. The minimum absolute atomic E-state index is 0.207. The van der Waals surface area contributed by atoms with Crippen molar-refractivity contribution in [2.45, 2.75) is 35.7 Å². The molecule has 0 saturated carbocycles. The molecule has 2 fully saturated rings. The van der Waals surface area contributed by atoms with Gasteiger partial charge in [-0.3, -0.25) is 4.79 Å². The van der Waals surface area contributed by atoms with E-state index in [4.69, 9.17) is 9.47 Å². The Morgan fingerprint density at radius 3 is 2.69 bits per heavy atom. The van der Waals surface area contributed by atoms with Gasteiger partial charge in [-0.2, -0.15) is 4.31 Å². The number of rotatable bonds is 7. The maximum Gasteiger partial charge on any atom is 0.256 e. The van der Waals surface area contributed by atoms with Crippen LogP contribution < -0.4 is 5.32 Å². The van der Waals surface area contributed by atoms with Crippen LogP contribution in [0.4, 0.5) is 5.69 Å². The first-order valence-corrected chi connectivity index (χ1v) is 13.2. The van der Waals surface area contributed by atoms with E-state index in [1.807, 2.05) is 18.2 Å². The van der Waals surface area contributed by atoms with E-state index in [-0.39, 0.29) is 16.9 Å². The van der Waals surface area contributed by atoms with Gasteiger partial charge in [0.1, 0.15) is 0 Å². The number of sulfonamides is 1. The molecule has 2 aromatic carbocycles. The molecule has 0 spiro atoms. The van der Waals surface area contributed by atoms with Crippen molar-refractivity contribution in [3.8, 4) is 0 Å². The highest BCUT2D eigenvalue weighted by molar-refractivity contribution is 7.99. The summed E-state index contributed by atoms with van der Waals surface area (Å²) in [5.41, 5.74) is 1.65. The van der Waals surface area contributed by atoms with E-state index in [2.05, 4.69) is 5.32 Å². The number of aryl methyl sites for hydroxylation is 1. The minimum atomic E-state index is -3.66. The lowest BCUT2D eigenvalue weighted by molar-refractivity contribution is 0.0730. The molecule has 2 aromatic rings. The Bertz CT molecular complexity index is 1060. The average molecular weight is 477 g/mol. The number of anilines is 1. The van der Waals surface area contributed by atoms with Gasteiger partial charge in [0.05, 0.1) is 29.8 Å². The van der Waals surface area contributed by atoms with Crippen LogP contribution in [0.2, 0.25) is 0 Å². The molecule has 0 bridgehead atoms. The normalized spacial score (nSPS) is 19.7. The third-order valence-corrected chi connectivity index (χ3v) is 8.86. The first-order valence-electron chi connectivity index (χ1n) is 10.8. The van der Waals surface area contributed by atoms with Crippen LogP contribution in [0, 0.1) is 6.92 Å². The Balaban J connectivity index is 1.51. The molecule has 4 rings (SSSR count). The van der Waals surface area contributed by atoms with Crippen molar-refractivity contribution >= 4 is 33.4 Å². The molecule has 32 heavy (non-hydrogen) atoms. The Morgan fingerprint density at radius 1 is 1.16 bits per heavy atom. The van der Waals surface area contributed by atoms with Gasteiger partial charge in [-0.05, 0) is 49.6 Å². The fourth-order valence-electron chi connectivity index (χ4n) is 3.82. The molecular formula is C23H28N2O5S2. The Hall–Kier alpha value is -1.91. The highest BCUT2D eigenvalue weighted by atomic mass is 32.2. The summed E-state index contributed by atoms with van der Waals surface area (Å²) < 4.78 is 38.6. The number of ether oxygens (including phenoxy) is 2. The molecule has 1 atom stereocenters. The Kier molecular flexibility index (Phi) is 7.52. The van der Waals surface area contributed by atoms with Gasteiger partial charge in [0, 0.05) is 36.0 Å². The number of benzene rings is 2. The van der Waals surface area contributed by atoms with Gasteiger partial charge >= 0.3 is 0 Å². The fourth-order valence-corrected chi connectivity index (χ4v) is 6.60. The largest absolute Gasteiger partial charge is 0.379 e. The first-order chi connectivity index (χ1) is 15.4. The summed E-state index contributed by atoms with van der Waals surface area (Å²) >= 11 is 1.61. The molecule has 2 heterocycles. The van der Waals surface area contributed by atoms with Crippen LogP contribution in [0.25, 0.3) is 0 Å². The predicted molar refractivity (Wildman–Crippen MR) is 125 cm³/mol. The van der Waals surface area contributed by atoms with Crippen LogP contribution in [-0.2, 0) is 19.5 Å². The number of carbonyl (C=O) groups is 1. The van der Waals surface area contributed by atoms with Crippen molar-refractivity contribution in [3.63, 3.8) is 0 Å². The smallest absolute Gasteiger partial charge is 0.256 e. The van der Waals surface area contributed by atoms with Crippen molar-refractivity contribution in [2.75, 3.05) is 44.0 Å². The second-order valence-corrected chi connectivity index (χ2v) is 10.9. The van der Waals surface area contributed by atoms with Gasteiger partial charge in [-0.15, -0.1) is 11.8 Å². The molecule has 0 aliphatic carbocycles. The van der Waals surface area contributed by atoms with E-state index in [1.165, 1.54) is 4.31 Å². The lowest BCUT2D eigenvalue weighted by atomic mass is 10.2. The molecule has 2 aliphatic rings. The van der Waals surface area contributed by atoms with Crippen molar-refractivity contribution in [1.29, 1.82) is 0 Å². The number of morpholine rings is 1. The zero-order valence-corrected chi connectivity index (χ0v) is 19.7. The van der Waals surface area contributed by atoms with E-state index in [1.54, 1.807) is 43.0 Å². The average Bonchev–Trinajstić information content (AvgIpc) is 3.33. The SMILES string of the molecule is Cc1ccc(NC(=O)c2ccccc2SCC2CCCO2)cc1S(=O)(=O)N1CCOCC1. The number of hydrogen-bond acceptors (Lipinski definition) is 6. The summed E-state index contributed by atoms with van der Waals surface area (Å²) in [4.78, 5) is 14.1. The Morgan fingerprint density at radius 2 is 1.94 bits per heavy atom. The number of thioether (sulfide) groups is 1. The topological polar surface area (TPSA) is 84.9 Å². The third kappa shape index (κ3) is 5.35. The molecule has 1 amide bonds. The van der Waals surface area contributed by atoms with Crippen molar-refractivity contribution in [1.82, 2.24) is 4.31 Å². The van der Waals surface area contributed by atoms with Crippen LogP contribution in [0.15, 0.2) is 52.3 Å². The summed E-state index contributed by atoms with van der Waals surface area (Å²) in [7, 11) is -3.66. The van der Waals surface area contributed by atoms with Gasteiger partial charge in [-0.25, -0.2) is 8.42 Å². The maximum atomic E-state index is 13.1. The van der Waals surface area contributed by atoms with Crippen LogP contribution in [0.5, 0.6) is 0 Å². The standard InChI is InChI=1S/C23H28N2O5S2/c1-17-8-9-18(15-22(17)32(27,28)25-10-13-29-14-11-25)24-23(26)20-6-2-3-7-21(20)31-16-19-5-4-12-30-19/h2-3,6-9,15,19H,4-5,10-14,16H2,1H3,(H,24,26). The van der Waals surface area contributed by atoms with Crippen molar-refractivity contribution in [2.24, 2.45) is 0 Å². The number of hydrogen-bond donors (Lipinski definition) is 1. The first kappa shape index (κ1) is 23.3. The molecule has 0 radical (unpaired) electrons. The van der Waals surface area contributed by atoms with Gasteiger partial charge in [0.2, 0.25) is 10.0 Å². The molecular weight excluding hydrogens is 448 g/mol. The Labute approximate surface area is 193 Å². The zero-order valence-electron chi connectivity index (χ0n) is 18.1. The minimum Gasteiger partial charge on any atom is -0.379 e. The maximum absolute atomic E-state index is 13.1. The van der Waals surface area contributed by atoms with Gasteiger partial charge in [0.25, 0.3) is 5.91 Å². The predicted octanol–water partition coefficient (Wildman–Crippen LogP) is 3.54. The molecule has 2 saturated heterocycles. The second-order valence-electron chi connectivity index (χ2n) is 7.89. The molecule has 0 aromatic heterocycles. The fraction of sp³-hybridized carbons (Fsp3) is 0.435. The van der Waals surface area contributed by atoms with Crippen LogP contribution in [0.1, 0.15) is 28.8 Å². The zero-order chi connectivity index (χ0) is 22.6. The van der Waals surface area contributed by atoms with Crippen LogP contribution in [-0.4, -0.2) is 63.4 Å². The second kappa shape index (κ2) is 10.4. The van der Waals surface area contributed by atoms with Crippen molar-refractivity contribution < 1.29 is 22.7 Å². The molecule has 9 heteroatoms. The molecule has 1 unspecified atom stereocenters. The lowest BCUT2D eigenvalue weighted by Gasteiger charge is -2.26. The van der Waals surface area contributed by atoms with Crippen LogP contribution >= 0.6 is 11.8 Å².